The molecule has 0 saturated carbocycles. The number of hydrogen-bond acceptors (Lipinski definition) is 4. The third-order valence-electron chi connectivity index (χ3n) is 2.03. The molecule has 78 valence electrons. The Hall–Kier alpha value is -1.39. The van der Waals surface area contributed by atoms with E-state index in [-0.39, 0.29) is 6.10 Å². The minimum atomic E-state index is -0.0717. The molecule has 0 aliphatic rings. The van der Waals surface area contributed by atoms with Crippen molar-refractivity contribution in [2.24, 2.45) is 0 Å². The summed E-state index contributed by atoms with van der Waals surface area (Å²) in [4.78, 5) is 10.2. The Labute approximate surface area is 82.8 Å². The van der Waals surface area contributed by atoms with E-state index in [0.717, 1.165) is 25.0 Å². The lowest BCUT2D eigenvalue weighted by atomic mass is 10.1. The highest BCUT2D eigenvalue weighted by Gasteiger charge is 2.11. The van der Waals surface area contributed by atoms with Gasteiger partial charge in [-0.25, -0.2) is 0 Å². The maximum absolute atomic E-state index is 10.2. The Morgan fingerprint density at radius 2 is 2.57 bits per heavy atom. The number of aromatic amines is 1. The van der Waals surface area contributed by atoms with E-state index < -0.39 is 0 Å². The molecule has 14 heavy (non-hydrogen) atoms. The van der Waals surface area contributed by atoms with Crippen LogP contribution in [0.1, 0.15) is 31.9 Å². The van der Waals surface area contributed by atoms with Gasteiger partial charge in [0.25, 0.3) is 6.47 Å². The molecule has 0 fully saturated rings. The van der Waals surface area contributed by atoms with Crippen molar-refractivity contribution in [3.63, 3.8) is 0 Å². The lowest BCUT2D eigenvalue weighted by Crippen LogP contribution is -2.15. The number of rotatable bonds is 7. The van der Waals surface area contributed by atoms with Gasteiger partial charge in [0.15, 0.2) is 0 Å². The van der Waals surface area contributed by atoms with Gasteiger partial charge in [0.1, 0.15) is 6.10 Å². The highest BCUT2D eigenvalue weighted by atomic mass is 16.5. The Morgan fingerprint density at radius 1 is 1.71 bits per heavy atom. The molecule has 0 bridgehead atoms. The molecule has 0 aliphatic carbocycles. The predicted molar refractivity (Wildman–Crippen MR) is 50.5 cm³/mol. The number of unbranched alkanes of at least 4 members (excludes halogenated alkanes) is 1. The number of nitrogens with zero attached hydrogens (tertiary/aromatic N) is 2. The van der Waals surface area contributed by atoms with Gasteiger partial charge in [-0.3, -0.25) is 9.89 Å². The first kappa shape index (κ1) is 10.7. The normalized spacial score (nSPS) is 12.4. The number of carbonyl (C=O) groups is 1. The van der Waals surface area contributed by atoms with Crippen molar-refractivity contribution in [2.75, 3.05) is 0 Å². The Bertz CT molecular complexity index is 249. The van der Waals surface area contributed by atoms with E-state index in [9.17, 15) is 4.79 Å². The first-order valence-electron chi connectivity index (χ1n) is 4.81. The summed E-state index contributed by atoms with van der Waals surface area (Å²) < 4.78 is 4.96. The van der Waals surface area contributed by atoms with Crippen molar-refractivity contribution in [3.05, 3.63) is 11.9 Å². The number of ether oxygens (including phenoxy) is 1. The molecule has 1 heterocycles. The van der Waals surface area contributed by atoms with E-state index in [4.69, 9.17) is 4.74 Å². The highest BCUT2D eigenvalue weighted by Crippen LogP contribution is 2.08. The predicted octanol–water partition coefficient (Wildman–Crippen LogP) is 1.08. The molecular formula is C9H15N3O2. The van der Waals surface area contributed by atoms with E-state index in [1.165, 1.54) is 0 Å². The van der Waals surface area contributed by atoms with Gasteiger partial charge in [-0.2, -0.15) is 0 Å². The van der Waals surface area contributed by atoms with Crippen molar-refractivity contribution in [3.8, 4) is 0 Å². The fraction of sp³-hybridized carbons (Fsp3) is 0.667. The maximum atomic E-state index is 10.2. The van der Waals surface area contributed by atoms with E-state index >= 15 is 0 Å². The second-order valence-corrected chi connectivity index (χ2v) is 3.17. The van der Waals surface area contributed by atoms with Crippen molar-refractivity contribution < 1.29 is 9.53 Å². The molecule has 1 unspecified atom stereocenters. The Kier molecular flexibility index (Phi) is 4.68. The van der Waals surface area contributed by atoms with Gasteiger partial charge >= 0.3 is 0 Å². The summed E-state index contributed by atoms with van der Waals surface area (Å²) in [6, 6.07) is 0. The maximum Gasteiger partial charge on any atom is 0.293 e. The lowest BCUT2D eigenvalue weighted by molar-refractivity contribution is -0.133. The molecule has 1 aromatic heterocycles. The highest BCUT2D eigenvalue weighted by molar-refractivity contribution is 5.37. The SMILES string of the molecule is CCCCC(Cc1c[nH]nn1)OC=O. The van der Waals surface area contributed by atoms with E-state index in [2.05, 4.69) is 22.3 Å². The van der Waals surface area contributed by atoms with Gasteiger partial charge in [-0.1, -0.05) is 25.0 Å². The molecule has 1 rings (SSSR count). The number of H-pyrrole nitrogens is 1. The Balaban J connectivity index is 2.38. The van der Waals surface area contributed by atoms with Crippen LogP contribution in [0.5, 0.6) is 0 Å². The molecule has 5 heteroatoms. The minimum Gasteiger partial charge on any atom is -0.464 e. The van der Waals surface area contributed by atoms with Crippen molar-refractivity contribution in [2.45, 2.75) is 38.7 Å². The summed E-state index contributed by atoms with van der Waals surface area (Å²) in [7, 11) is 0. The zero-order valence-electron chi connectivity index (χ0n) is 8.27. The van der Waals surface area contributed by atoms with Crippen LogP contribution < -0.4 is 0 Å². The fourth-order valence-corrected chi connectivity index (χ4v) is 1.29. The molecule has 0 amide bonds. The summed E-state index contributed by atoms with van der Waals surface area (Å²) >= 11 is 0. The molecule has 0 saturated heterocycles. The lowest BCUT2D eigenvalue weighted by Gasteiger charge is -2.12. The Morgan fingerprint density at radius 3 is 3.14 bits per heavy atom. The average Bonchev–Trinajstić information content (AvgIpc) is 2.67. The molecule has 0 aromatic carbocycles. The van der Waals surface area contributed by atoms with Gasteiger partial charge in [0, 0.05) is 12.6 Å². The van der Waals surface area contributed by atoms with Crippen LogP contribution in [0, 0.1) is 0 Å². The zero-order chi connectivity index (χ0) is 10.2. The summed E-state index contributed by atoms with van der Waals surface area (Å²) in [5.41, 5.74) is 0.827. The molecule has 0 radical (unpaired) electrons. The summed E-state index contributed by atoms with van der Waals surface area (Å²) in [6.07, 6.45) is 5.30. The molecule has 0 spiro atoms. The second kappa shape index (κ2) is 6.12. The first-order valence-corrected chi connectivity index (χ1v) is 4.81. The zero-order valence-corrected chi connectivity index (χ0v) is 8.27. The summed E-state index contributed by atoms with van der Waals surface area (Å²) in [6.45, 7) is 2.61. The van der Waals surface area contributed by atoms with Crippen LogP contribution in [0.4, 0.5) is 0 Å². The first-order chi connectivity index (χ1) is 6.86. The summed E-state index contributed by atoms with van der Waals surface area (Å²) in [5, 5.41) is 10.1. The van der Waals surface area contributed by atoms with Gasteiger partial charge in [0.2, 0.25) is 0 Å². The van der Waals surface area contributed by atoms with Crippen molar-refractivity contribution >= 4 is 6.47 Å². The minimum absolute atomic E-state index is 0.0717. The molecule has 5 nitrogen and oxygen atoms in total. The van der Waals surface area contributed by atoms with E-state index in [1.807, 2.05) is 0 Å². The average molecular weight is 197 g/mol. The van der Waals surface area contributed by atoms with Crippen LogP contribution in [0.15, 0.2) is 6.20 Å². The third-order valence-corrected chi connectivity index (χ3v) is 2.03. The van der Waals surface area contributed by atoms with Crippen LogP contribution in [-0.2, 0) is 16.0 Å². The molecule has 1 aromatic rings. The molecule has 0 aliphatic heterocycles. The molecule has 1 atom stereocenters. The van der Waals surface area contributed by atoms with Crippen LogP contribution >= 0.6 is 0 Å². The van der Waals surface area contributed by atoms with E-state index in [0.29, 0.717) is 12.9 Å². The van der Waals surface area contributed by atoms with Gasteiger partial charge in [0.05, 0.1) is 5.69 Å². The largest absolute Gasteiger partial charge is 0.464 e. The van der Waals surface area contributed by atoms with Crippen LogP contribution in [0.3, 0.4) is 0 Å². The number of aromatic nitrogens is 3. The van der Waals surface area contributed by atoms with Crippen LogP contribution in [-0.4, -0.2) is 28.0 Å². The van der Waals surface area contributed by atoms with Gasteiger partial charge in [-0.15, -0.1) is 5.10 Å². The van der Waals surface area contributed by atoms with E-state index in [1.54, 1.807) is 6.20 Å². The van der Waals surface area contributed by atoms with Crippen molar-refractivity contribution in [1.29, 1.82) is 0 Å². The fourth-order valence-electron chi connectivity index (χ4n) is 1.29. The number of nitrogens with one attached hydrogen (secondary N) is 1. The van der Waals surface area contributed by atoms with Gasteiger partial charge in [-0.05, 0) is 6.42 Å². The van der Waals surface area contributed by atoms with Crippen molar-refractivity contribution in [1.82, 2.24) is 15.4 Å². The molecular weight excluding hydrogens is 182 g/mol. The number of hydrogen-bond donors (Lipinski definition) is 1. The topological polar surface area (TPSA) is 67.9 Å². The summed E-state index contributed by atoms with van der Waals surface area (Å²) in [5.74, 6) is 0. The van der Waals surface area contributed by atoms with Crippen LogP contribution in [0.2, 0.25) is 0 Å². The third kappa shape index (κ3) is 3.55. The smallest absolute Gasteiger partial charge is 0.293 e. The quantitative estimate of drug-likeness (QED) is 0.664. The number of carbonyl (C=O) groups excluding carboxylic acids is 1. The second-order valence-electron chi connectivity index (χ2n) is 3.17. The standard InChI is InChI=1S/C9H15N3O2/c1-2-3-4-9(14-7-13)5-8-6-10-12-11-8/h6-7,9H,2-5H2,1H3,(H,10,11,12). The van der Waals surface area contributed by atoms with Crippen LogP contribution in [0.25, 0.3) is 0 Å². The monoisotopic (exact) mass is 197 g/mol. The van der Waals surface area contributed by atoms with Gasteiger partial charge < -0.3 is 4.74 Å². The molecule has 1 N–H and O–H groups in total.